The smallest absolute Gasteiger partial charge is 0.303 e. The van der Waals surface area contributed by atoms with Crippen LogP contribution in [0.4, 0.5) is 0 Å². The van der Waals surface area contributed by atoms with Gasteiger partial charge in [-0.2, -0.15) is 5.10 Å². The average molecular weight is 380 g/mol. The Morgan fingerprint density at radius 1 is 1.39 bits per heavy atom. The molecule has 5 nitrogen and oxygen atoms in total. The van der Waals surface area contributed by atoms with E-state index >= 15 is 0 Å². The van der Waals surface area contributed by atoms with Crippen LogP contribution in [0.25, 0.3) is 0 Å². The number of hydrogen-bond acceptors (Lipinski definition) is 3. The van der Waals surface area contributed by atoms with Crippen LogP contribution in [-0.4, -0.2) is 32.9 Å². The largest absolute Gasteiger partial charge is 0.481 e. The maximum atomic E-state index is 10.9. The fourth-order valence-corrected chi connectivity index (χ4v) is 2.94. The zero-order valence-electron chi connectivity index (χ0n) is 13.2. The number of hydrogen-bond donors (Lipinski definition) is 2. The van der Waals surface area contributed by atoms with E-state index in [2.05, 4.69) is 45.4 Å². The minimum absolute atomic E-state index is 0.127. The summed E-state index contributed by atoms with van der Waals surface area (Å²) in [7, 11) is 0. The van der Waals surface area contributed by atoms with Crippen LogP contribution < -0.4 is 5.32 Å². The van der Waals surface area contributed by atoms with Crippen molar-refractivity contribution in [3.8, 4) is 0 Å². The van der Waals surface area contributed by atoms with Crippen molar-refractivity contribution in [2.75, 3.05) is 0 Å². The van der Waals surface area contributed by atoms with Gasteiger partial charge in [-0.3, -0.25) is 9.48 Å². The van der Waals surface area contributed by atoms with Crippen LogP contribution in [0.3, 0.4) is 0 Å². The van der Waals surface area contributed by atoms with E-state index in [1.54, 1.807) is 6.20 Å². The van der Waals surface area contributed by atoms with Crippen molar-refractivity contribution >= 4 is 21.9 Å². The highest BCUT2D eigenvalue weighted by Gasteiger charge is 2.15. The standard InChI is InChI=1S/C17H22BrN3O2/c1-13(11-21-12-15(18)10-19-21)20-16(7-8-17(22)23)9-14-5-3-2-4-6-14/h2-6,10,12-13,16,20H,7-9,11H2,1H3,(H,22,23). The van der Waals surface area contributed by atoms with Crippen molar-refractivity contribution in [1.29, 1.82) is 0 Å². The third kappa shape index (κ3) is 6.54. The number of nitrogens with one attached hydrogen (secondary N) is 1. The Bertz CT molecular complexity index is 615. The lowest BCUT2D eigenvalue weighted by Crippen LogP contribution is -2.40. The summed E-state index contributed by atoms with van der Waals surface area (Å²) in [6, 6.07) is 10.5. The first-order valence-corrected chi connectivity index (χ1v) is 8.52. The number of aliphatic carboxylic acids is 1. The summed E-state index contributed by atoms with van der Waals surface area (Å²) >= 11 is 3.39. The molecule has 0 aliphatic heterocycles. The van der Waals surface area contributed by atoms with Crippen LogP contribution in [0.5, 0.6) is 0 Å². The quantitative estimate of drug-likeness (QED) is 0.702. The molecule has 1 aromatic heterocycles. The lowest BCUT2D eigenvalue weighted by atomic mass is 10.0. The van der Waals surface area contributed by atoms with Gasteiger partial charge in [0.15, 0.2) is 0 Å². The number of halogens is 1. The molecular weight excluding hydrogens is 358 g/mol. The highest BCUT2D eigenvalue weighted by molar-refractivity contribution is 9.10. The lowest BCUT2D eigenvalue weighted by molar-refractivity contribution is -0.137. The van der Waals surface area contributed by atoms with Crippen molar-refractivity contribution in [2.45, 2.75) is 44.8 Å². The summed E-state index contributed by atoms with van der Waals surface area (Å²) in [5.74, 6) is -0.756. The molecule has 0 radical (unpaired) electrons. The average Bonchev–Trinajstić information content (AvgIpc) is 2.90. The lowest BCUT2D eigenvalue weighted by Gasteiger charge is -2.23. The Labute approximate surface area is 144 Å². The molecule has 6 heteroatoms. The third-order valence-electron chi connectivity index (χ3n) is 3.61. The molecule has 2 aromatic rings. The minimum Gasteiger partial charge on any atom is -0.481 e. The fraction of sp³-hybridized carbons (Fsp3) is 0.412. The van der Waals surface area contributed by atoms with E-state index in [9.17, 15) is 4.79 Å². The summed E-state index contributed by atoms with van der Waals surface area (Å²) < 4.78 is 2.83. The molecule has 0 saturated heterocycles. The number of rotatable bonds is 9. The fourth-order valence-electron chi connectivity index (χ4n) is 2.61. The minimum atomic E-state index is -0.756. The summed E-state index contributed by atoms with van der Waals surface area (Å²) in [6.45, 7) is 2.83. The van der Waals surface area contributed by atoms with Gasteiger partial charge in [0, 0.05) is 24.7 Å². The van der Waals surface area contributed by atoms with Gasteiger partial charge in [-0.25, -0.2) is 0 Å². The van der Waals surface area contributed by atoms with Gasteiger partial charge in [-0.1, -0.05) is 30.3 Å². The second-order valence-corrected chi connectivity index (χ2v) is 6.68. The third-order valence-corrected chi connectivity index (χ3v) is 4.02. The first kappa shape index (κ1) is 17.7. The molecular formula is C17H22BrN3O2. The second-order valence-electron chi connectivity index (χ2n) is 5.77. The first-order chi connectivity index (χ1) is 11.0. The van der Waals surface area contributed by atoms with E-state index in [4.69, 9.17) is 5.11 Å². The van der Waals surface area contributed by atoms with Crippen LogP contribution in [0.2, 0.25) is 0 Å². The van der Waals surface area contributed by atoms with Crippen LogP contribution in [0.15, 0.2) is 47.2 Å². The molecule has 2 N–H and O–H groups in total. The molecule has 0 fully saturated rings. The van der Waals surface area contributed by atoms with Crippen LogP contribution in [-0.2, 0) is 17.8 Å². The summed E-state index contributed by atoms with van der Waals surface area (Å²) in [5.41, 5.74) is 1.21. The molecule has 0 amide bonds. The van der Waals surface area contributed by atoms with E-state index in [0.717, 1.165) is 17.4 Å². The van der Waals surface area contributed by atoms with E-state index < -0.39 is 5.97 Å². The van der Waals surface area contributed by atoms with Gasteiger partial charge in [0.2, 0.25) is 0 Å². The van der Waals surface area contributed by atoms with Gasteiger partial charge in [-0.05, 0) is 41.3 Å². The van der Waals surface area contributed by atoms with E-state index in [-0.39, 0.29) is 18.5 Å². The Balaban J connectivity index is 1.93. The Morgan fingerprint density at radius 2 is 2.13 bits per heavy atom. The maximum Gasteiger partial charge on any atom is 0.303 e. The van der Waals surface area contributed by atoms with Gasteiger partial charge < -0.3 is 10.4 Å². The van der Waals surface area contributed by atoms with Crippen molar-refractivity contribution in [3.63, 3.8) is 0 Å². The molecule has 124 valence electrons. The summed E-state index contributed by atoms with van der Waals surface area (Å²) in [5, 5.41) is 16.7. The molecule has 0 saturated carbocycles. The van der Waals surface area contributed by atoms with Gasteiger partial charge in [0.1, 0.15) is 0 Å². The highest BCUT2D eigenvalue weighted by atomic mass is 79.9. The Morgan fingerprint density at radius 3 is 2.74 bits per heavy atom. The first-order valence-electron chi connectivity index (χ1n) is 7.72. The van der Waals surface area contributed by atoms with Gasteiger partial charge in [0.25, 0.3) is 0 Å². The maximum absolute atomic E-state index is 10.9. The molecule has 0 spiro atoms. The predicted octanol–water partition coefficient (Wildman–Crippen LogP) is 3.10. The Kier molecular flexibility index (Phi) is 6.80. The Hall–Kier alpha value is -1.66. The SMILES string of the molecule is CC(Cn1cc(Br)cn1)NC(CCC(=O)O)Cc1ccccc1. The second kappa shape index (κ2) is 8.84. The number of nitrogens with zero attached hydrogens (tertiary/aromatic N) is 2. The molecule has 0 bridgehead atoms. The van der Waals surface area contributed by atoms with Crippen molar-refractivity contribution in [1.82, 2.24) is 15.1 Å². The topological polar surface area (TPSA) is 67.2 Å². The van der Waals surface area contributed by atoms with Crippen molar-refractivity contribution < 1.29 is 9.90 Å². The molecule has 23 heavy (non-hydrogen) atoms. The van der Waals surface area contributed by atoms with Crippen molar-refractivity contribution in [2.24, 2.45) is 0 Å². The molecule has 1 heterocycles. The molecule has 2 rings (SSSR count). The molecule has 2 unspecified atom stereocenters. The van der Waals surface area contributed by atoms with Gasteiger partial charge in [0.05, 0.1) is 17.2 Å². The van der Waals surface area contributed by atoms with Gasteiger partial charge >= 0.3 is 5.97 Å². The van der Waals surface area contributed by atoms with E-state index in [0.29, 0.717) is 6.42 Å². The highest BCUT2D eigenvalue weighted by Crippen LogP contribution is 2.10. The number of benzene rings is 1. The summed E-state index contributed by atoms with van der Waals surface area (Å²) in [6.07, 6.45) is 5.30. The van der Waals surface area contributed by atoms with Crippen LogP contribution in [0, 0.1) is 0 Å². The molecule has 2 atom stereocenters. The summed E-state index contributed by atoms with van der Waals surface area (Å²) in [4.78, 5) is 10.9. The number of carboxylic acids is 1. The number of aromatic nitrogens is 2. The number of carbonyl (C=O) groups is 1. The van der Waals surface area contributed by atoms with Crippen molar-refractivity contribution in [3.05, 3.63) is 52.8 Å². The van der Waals surface area contributed by atoms with Gasteiger partial charge in [-0.15, -0.1) is 0 Å². The normalized spacial score (nSPS) is 13.7. The number of carboxylic acid groups (broad SMARTS) is 1. The van der Waals surface area contributed by atoms with Crippen LogP contribution in [0.1, 0.15) is 25.3 Å². The van der Waals surface area contributed by atoms with E-state index in [1.165, 1.54) is 5.56 Å². The molecule has 0 aliphatic rings. The molecule has 1 aromatic carbocycles. The van der Waals surface area contributed by atoms with Crippen LogP contribution >= 0.6 is 15.9 Å². The van der Waals surface area contributed by atoms with E-state index in [1.807, 2.05) is 29.1 Å². The zero-order chi connectivity index (χ0) is 16.7. The zero-order valence-corrected chi connectivity index (χ0v) is 14.7. The monoisotopic (exact) mass is 379 g/mol. The predicted molar refractivity (Wildman–Crippen MR) is 93.3 cm³/mol. The molecule has 0 aliphatic carbocycles.